The molecule has 104 valence electrons. The molecule has 2 aliphatic rings. The van der Waals surface area contributed by atoms with E-state index in [1.807, 2.05) is 0 Å². The second-order valence-corrected chi connectivity index (χ2v) is 5.80. The number of fused-ring (bicyclic) bond motifs is 1. The van der Waals surface area contributed by atoms with E-state index in [4.69, 9.17) is 10.5 Å². The van der Waals surface area contributed by atoms with Crippen LogP contribution in [0.4, 0.5) is 0 Å². The van der Waals surface area contributed by atoms with E-state index in [-0.39, 0.29) is 0 Å². The van der Waals surface area contributed by atoms with Gasteiger partial charge in [0.2, 0.25) is 0 Å². The number of hydrogen-bond acceptors (Lipinski definition) is 3. The molecule has 0 amide bonds. The van der Waals surface area contributed by atoms with Crippen LogP contribution in [0, 0.1) is 0 Å². The molecule has 1 saturated heterocycles. The molecule has 19 heavy (non-hydrogen) atoms. The molecule has 1 aromatic rings. The molecule has 1 fully saturated rings. The molecule has 3 heteroatoms. The maximum absolute atomic E-state index is 5.98. The monoisotopic (exact) mass is 260 g/mol. The minimum Gasteiger partial charge on any atom is -0.372 e. The maximum Gasteiger partial charge on any atom is 0.0707 e. The van der Waals surface area contributed by atoms with Crippen LogP contribution in [0.3, 0.4) is 0 Å². The minimum atomic E-state index is 0.296. The van der Waals surface area contributed by atoms with Crippen LogP contribution in [0.5, 0.6) is 0 Å². The third-order valence-corrected chi connectivity index (χ3v) is 4.35. The van der Waals surface area contributed by atoms with Gasteiger partial charge in [0.25, 0.3) is 0 Å². The Morgan fingerprint density at radius 2 is 1.95 bits per heavy atom. The van der Waals surface area contributed by atoms with Gasteiger partial charge in [-0.25, -0.2) is 0 Å². The average molecular weight is 260 g/mol. The predicted octanol–water partition coefficient (Wildman–Crippen LogP) is 1.94. The van der Waals surface area contributed by atoms with Crippen molar-refractivity contribution < 1.29 is 4.74 Å². The molecule has 1 aromatic carbocycles. The Bertz CT molecular complexity index is 421. The van der Waals surface area contributed by atoms with Gasteiger partial charge in [0.1, 0.15) is 0 Å². The van der Waals surface area contributed by atoms with Gasteiger partial charge in [0.15, 0.2) is 0 Å². The summed E-state index contributed by atoms with van der Waals surface area (Å²) >= 11 is 0. The topological polar surface area (TPSA) is 38.5 Å². The fraction of sp³-hybridized carbons (Fsp3) is 0.625. The molecule has 2 heterocycles. The summed E-state index contributed by atoms with van der Waals surface area (Å²) in [5.41, 5.74) is 8.70. The molecule has 3 rings (SSSR count). The van der Waals surface area contributed by atoms with Crippen molar-refractivity contribution in [1.29, 1.82) is 0 Å². The van der Waals surface area contributed by atoms with E-state index < -0.39 is 0 Å². The molecule has 0 aliphatic carbocycles. The highest BCUT2D eigenvalue weighted by Gasteiger charge is 2.26. The first-order valence-corrected chi connectivity index (χ1v) is 7.50. The summed E-state index contributed by atoms with van der Waals surface area (Å²) in [4.78, 5) is 2.55. The predicted molar refractivity (Wildman–Crippen MR) is 77.0 cm³/mol. The Kier molecular flexibility index (Phi) is 4.16. The molecule has 2 N–H and O–H groups in total. The first-order valence-electron chi connectivity index (χ1n) is 7.50. The van der Waals surface area contributed by atoms with Crippen LogP contribution >= 0.6 is 0 Å². The lowest BCUT2D eigenvalue weighted by molar-refractivity contribution is 0.0257. The van der Waals surface area contributed by atoms with Gasteiger partial charge in [0, 0.05) is 19.6 Å². The second-order valence-electron chi connectivity index (χ2n) is 5.80. The molecule has 3 nitrogen and oxygen atoms in total. The van der Waals surface area contributed by atoms with E-state index in [9.17, 15) is 0 Å². The smallest absolute Gasteiger partial charge is 0.0707 e. The molecule has 2 atom stereocenters. The lowest BCUT2D eigenvalue weighted by Crippen LogP contribution is -2.33. The highest BCUT2D eigenvalue weighted by molar-refractivity contribution is 5.28. The fourth-order valence-electron chi connectivity index (χ4n) is 3.30. The van der Waals surface area contributed by atoms with Crippen LogP contribution in [0.2, 0.25) is 0 Å². The van der Waals surface area contributed by atoms with Gasteiger partial charge in [-0.1, -0.05) is 24.3 Å². The third-order valence-electron chi connectivity index (χ3n) is 4.35. The van der Waals surface area contributed by atoms with Crippen LogP contribution in [-0.4, -0.2) is 36.7 Å². The van der Waals surface area contributed by atoms with Crippen LogP contribution in [0.25, 0.3) is 0 Å². The van der Waals surface area contributed by atoms with Crippen LogP contribution < -0.4 is 5.73 Å². The van der Waals surface area contributed by atoms with Crippen molar-refractivity contribution in [3.05, 3.63) is 35.4 Å². The number of aryl methyl sites for hydroxylation is 1. The summed E-state index contributed by atoms with van der Waals surface area (Å²) in [6, 6.07) is 8.85. The Hall–Kier alpha value is -0.900. The molecule has 0 saturated carbocycles. The van der Waals surface area contributed by atoms with Crippen LogP contribution in [0.15, 0.2) is 24.3 Å². The molecule has 0 spiro atoms. The van der Waals surface area contributed by atoms with E-state index in [1.54, 1.807) is 0 Å². The summed E-state index contributed by atoms with van der Waals surface area (Å²) in [7, 11) is 0. The van der Waals surface area contributed by atoms with Gasteiger partial charge in [0.05, 0.1) is 12.2 Å². The molecular weight excluding hydrogens is 236 g/mol. The van der Waals surface area contributed by atoms with Gasteiger partial charge in [-0.2, -0.15) is 0 Å². The highest BCUT2D eigenvalue weighted by atomic mass is 16.5. The van der Waals surface area contributed by atoms with Crippen molar-refractivity contribution in [2.24, 2.45) is 5.73 Å². The quantitative estimate of drug-likeness (QED) is 0.902. The standard InChI is InChI=1S/C16H24N2O/c17-10-15-7-8-16(19-15)12-18-9-3-6-13-4-1-2-5-14(13)11-18/h1-2,4-5,15-16H,3,6-12,17H2. The number of hydrogen-bond donors (Lipinski definition) is 1. The van der Waals surface area contributed by atoms with Gasteiger partial charge in [-0.15, -0.1) is 0 Å². The average Bonchev–Trinajstić information content (AvgIpc) is 2.78. The first kappa shape index (κ1) is 13.1. The first-order chi connectivity index (χ1) is 9.35. The van der Waals surface area contributed by atoms with Crippen molar-refractivity contribution in [3.63, 3.8) is 0 Å². The van der Waals surface area contributed by atoms with Crippen molar-refractivity contribution in [3.8, 4) is 0 Å². The normalized spacial score (nSPS) is 28.1. The van der Waals surface area contributed by atoms with Crippen molar-refractivity contribution in [2.45, 2.75) is 44.4 Å². The van der Waals surface area contributed by atoms with Crippen molar-refractivity contribution in [2.75, 3.05) is 19.6 Å². The summed E-state index contributed by atoms with van der Waals surface area (Å²) in [6.07, 6.45) is 5.45. The zero-order valence-corrected chi connectivity index (χ0v) is 11.6. The van der Waals surface area contributed by atoms with E-state index >= 15 is 0 Å². The van der Waals surface area contributed by atoms with Gasteiger partial charge in [-0.05, 0) is 43.4 Å². The summed E-state index contributed by atoms with van der Waals surface area (Å²) in [5, 5.41) is 0. The molecule has 2 aliphatic heterocycles. The van der Waals surface area contributed by atoms with E-state index in [1.165, 1.54) is 36.9 Å². The summed E-state index contributed by atoms with van der Waals surface area (Å²) in [6.45, 7) is 3.98. The van der Waals surface area contributed by atoms with Gasteiger partial charge >= 0.3 is 0 Å². The third kappa shape index (κ3) is 3.16. The number of rotatable bonds is 3. The van der Waals surface area contributed by atoms with Crippen LogP contribution in [-0.2, 0) is 17.7 Å². The maximum atomic E-state index is 5.98. The minimum absolute atomic E-state index is 0.296. The number of nitrogens with zero attached hydrogens (tertiary/aromatic N) is 1. The highest BCUT2D eigenvalue weighted by Crippen LogP contribution is 2.23. The Labute approximate surface area is 115 Å². The number of ether oxygens (including phenoxy) is 1. The number of nitrogens with two attached hydrogens (primary N) is 1. The Balaban J connectivity index is 1.60. The molecule has 0 bridgehead atoms. The lowest BCUT2D eigenvalue weighted by atomic mass is 10.0. The van der Waals surface area contributed by atoms with Crippen LogP contribution in [0.1, 0.15) is 30.4 Å². The zero-order valence-electron chi connectivity index (χ0n) is 11.6. The van der Waals surface area contributed by atoms with E-state index in [0.29, 0.717) is 18.8 Å². The van der Waals surface area contributed by atoms with Gasteiger partial charge < -0.3 is 10.5 Å². The largest absolute Gasteiger partial charge is 0.372 e. The lowest BCUT2D eigenvalue weighted by Gasteiger charge is -2.24. The number of benzene rings is 1. The Morgan fingerprint density at radius 1 is 1.16 bits per heavy atom. The van der Waals surface area contributed by atoms with E-state index in [0.717, 1.165) is 19.5 Å². The van der Waals surface area contributed by atoms with E-state index in [2.05, 4.69) is 29.2 Å². The summed E-state index contributed by atoms with van der Waals surface area (Å²) < 4.78 is 5.98. The van der Waals surface area contributed by atoms with Gasteiger partial charge in [-0.3, -0.25) is 4.90 Å². The second kappa shape index (κ2) is 6.04. The SMILES string of the molecule is NCC1CCC(CN2CCCc3ccccc3C2)O1. The summed E-state index contributed by atoms with van der Waals surface area (Å²) in [5.74, 6) is 0. The zero-order chi connectivity index (χ0) is 13.1. The van der Waals surface area contributed by atoms with Crippen molar-refractivity contribution >= 4 is 0 Å². The molecule has 2 unspecified atom stereocenters. The molecule has 0 aromatic heterocycles. The molecular formula is C16H24N2O. The fourth-order valence-corrected chi connectivity index (χ4v) is 3.30. The Morgan fingerprint density at radius 3 is 2.74 bits per heavy atom. The van der Waals surface area contributed by atoms with Crippen molar-refractivity contribution in [1.82, 2.24) is 4.90 Å². The molecule has 0 radical (unpaired) electrons.